The van der Waals surface area contributed by atoms with Crippen molar-refractivity contribution in [3.63, 3.8) is 0 Å². The van der Waals surface area contributed by atoms with Crippen LogP contribution in [0.3, 0.4) is 0 Å². The van der Waals surface area contributed by atoms with Crippen LogP contribution in [0.1, 0.15) is 41.9 Å². The standard InChI is InChI=1S/C22H17F5N4O/c23-13-3-1-12(2-4-13)20(32)29-16-8-6-15(7-9-16)28-19-17-11-14(24)5-10-18(17)30-21(31-19)22(25,26)27/h1-5,10-11,15H,6-9H2,(H,28,30,31). The smallest absolute Gasteiger partial charge is 0.367 e. The highest BCUT2D eigenvalue weighted by Crippen LogP contribution is 2.32. The van der Waals surface area contributed by atoms with Crippen molar-refractivity contribution < 1.29 is 26.7 Å². The summed E-state index contributed by atoms with van der Waals surface area (Å²) in [7, 11) is 0. The van der Waals surface area contributed by atoms with E-state index in [1.165, 1.54) is 30.3 Å². The van der Waals surface area contributed by atoms with E-state index >= 15 is 0 Å². The number of aliphatic imine (C=N–C) groups is 1. The molecule has 1 heterocycles. The SMILES string of the molecule is O=C(N=C1CCC(Nc2nc(C(F)(F)F)nc3ccc(F)cc23)CC1)c1ccc(F)cc1. The summed E-state index contributed by atoms with van der Waals surface area (Å²) < 4.78 is 66.3. The molecule has 5 nitrogen and oxygen atoms in total. The van der Waals surface area contributed by atoms with Crippen molar-refractivity contribution in [1.29, 1.82) is 0 Å². The lowest BCUT2D eigenvalue weighted by Crippen LogP contribution is -2.27. The lowest BCUT2D eigenvalue weighted by atomic mass is 9.93. The number of carbonyl (C=O) groups is 1. The molecule has 0 spiro atoms. The van der Waals surface area contributed by atoms with Gasteiger partial charge in [0, 0.05) is 22.7 Å². The number of carbonyl (C=O) groups excluding carboxylic acids is 1. The Hall–Kier alpha value is -3.43. The van der Waals surface area contributed by atoms with E-state index < -0.39 is 29.5 Å². The molecule has 10 heteroatoms. The molecule has 0 bridgehead atoms. The van der Waals surface area contributed by atoms with Gasteiger partial charge in [0.05, 0.1) is 5.52 Å². The normalized spacial score (nSPS) is 16.8. The summed E-state index contributed by atoms with van der Waals surface area (Å²) >= 11 is 0. The van der Waals surface area contributed by atoms with Gasteiger partial charge in [-0.25, -0.2) is 23.7 Å². The molecule has 166 valence electrons. The number of nitrogens with zero attached hydrogens (tertiary/aromatic N) is 3. The summed E-state index contributed by atoms with van der Waals surface area (Å²) in [4.78, 5) is 23.4. The van der Waals surface area contributed by atoms with Crippen molar-refractivity contribution in [3.05, 3.63) is 65.5 Å². The fourth-order valence-electron chi connectivity index (χ4n) is 3.54. The largest absolute Gasteiger partial charge is 0.451 e. The number of hydrogen-bond donors (Lipinski definition) is 1. The molecule has 3 aromatic rings. The van der Waals surface area contributed by atoms with E-state index in [1.54, 1.807) is 0 Å². The third-order valence-corrected chi connectivity index (χ3v) is 5.17. The van der Waals surface area contributed by atoms with Gasteiger partial charge in [0.1, 0.15) is 17.5 Å². The Kier molecular flexibility index (Phi) is 5.86. The molecule has 1 N–H and O–H groups in total. The van der Waals surface area contributed by atoms with Crippen LogP contribution in [0.25, 0.3) is 10.9 Å². The van der Waals surface area contributed by atoms with Crippen LogP contribution in [0.5, 0.6) is 0 Å². The van der Waals surface area contributed by atoms with E-state index in [0.717, 1.165) is 12.1 Å². The van der Waals surface area contributed by atoms with Crippen LogP contribution >= 0.6 is 0 Å². The molecule has 1 saturated carbocycles. The minimum Gasteiger partial charge on any atom is -0.367 e. The zero-order chi connectivity index (χ0) is 22.9. The third kappa shape index (κ3) is 4.90. The number of rotatable bonds is 3. The van der Waals surface area contributed by atoms with Gasteiger partial charge in [-0.1, -0.05) is 0 Å². The van der Waals surface area contributed by atoms with E-state index in [2.05, 4.69) is 20.3 Å². The topological polar surface area (TPSA) is 67.2 Å². The Balaban J connectivity index is 1.50. The second-order valence-corrected chi connectivity index (χ2v) is 7.46. The average Bonchev–Trinajstić information content (AvgIpc) is 2.75. The van der Waals surface area contributed by atoms with Crippen molar-refractivity contribution in [2.75, 3.05) is 5.32 Å². The van der Waals surface area contributed by atoms with Crippen molar-refractivity contribution in [2.24, 2.45) is 4.99 Å². The zero-order valence-corrected chi connectivity index (χ0v) is 16.6. The van der Waals surface area contributed by atoms with E-state index in [-0.39, 0.29) is 28.3 Å². The molecule has 32 heavy (non-hydrogen) atoms. The number of fused-ring (bicyclic) bond motifs is 1. The van der Waals surface area contributed by atoms with Gasteiger partial charge in [0.2, 0.25) is 5.82 Å². The maximum Gasteiger partial charge on any atom is 0.451 e. The first kappa shape index (κ1) is 21.8. The van der Waals surface area contributed by atoms with Gasteiger partial charge in [-0.15, -0.1) is 0 Å². The van der Waals surface area contributed by atoms with Gasteiger partial charge in [0.15, 0.2) is 0 Å². The first-order chi connectivity index (χ1) is 15.2. The molecule has 0 saturated heterocycles. The molecule has 0 aliphatic heterocycles. The van der Waals surface area contributed by atoms with Crippen LogP contribution in [-0.2, 0) is 6.18 Å². The fourth-order valence-corrected chi connectivity index (χ4v) is 3.54. The second-order valence-electron chi connectivity index (χ2n) is 7.46. The molecule has 0 radical (unpaired) electrons. The van der Waals surface area contributed by atoms with Crippen molar-refractivity contribution >= 4 is 28.3 Å². The predicted octanol–water partition coefficient (Wildman–Crippen LogP) is 5.56. The van der Waals surface area contributed by atoms with E-state index in [4.69, 9.17) is 0 Å². The van der Waals surface area contributed by atoms with Crippen molar-refractivity contribution in [2.45, 2.75) is 37.9 Å². The summed E-state index contributed by atoms with van der Waals surface area (Å²) in [6, 6.07) is 8.14. The Morgan fingerprint density at radius 3 is 2.28 bits per heavy atom. The second kappa shape index (κ2) is 8.60. The minimum atomic E-state index is -4.74. The summed E-state index contributed by atoms with van der Waals surface area (Å²) in [6.45, 7) is 0. The predicted molar refractivity (Wildman–Crippen MR) is 109 cm³/mol. The highest BCUT2D eigenvalue weighted by molar-refractivity contribution is 6.04. The van der Waals surface area contributed by atoms with Gasteiger partial charge in [0.25, 0.3) is 5.91 Å². The number of benzene rings is 2. The number of nitrogens with one attached hydrogen (secondary N) is 1. The highest BCUT2D eigenvalue weighted by atomic mass is 19.4. The van der Waals surface area contributed by atoms with Crippen LogP contribution in [-0.4, -0.2) is 27.6 Å². The molecule has 1 aliphatic rings. The molecule has 2 aromatic carbocycles. The van der Waals surface area contributed by atoms with E-state index in [1.807, 2.05) is 0 Å². The molecular formula is C22H17F5N4O. The van der Waals surface area contributed by atoms with Crippen molar-refractivity contribution in [1.82, 2.24) is 9.97 Å². The fraction of sp³-hybridized carbons (Fsp3) is 0.273. The maximum absolute atomic E-state index is 13.7. The van der Waals surface area contributed by atoms with Gasteiger partial charge in [-0.05, 0) is 68.1 Å². The number of alkyl halides is 3. The molecule has 1 fully saturated rings. The molecule has 0 atom stereocenters. The zero-order valence-electron chi connectivity index (χ0n) is 16.6. The van der Waals surface area contributed by atoms with E-state index in [9.17, 15) is 26.7 Å². The molecule has 4 rings (SSSR count). The Bertz CT molecular complexity index is 1180. The van der Waals surface area contributed by atoms with Gasteiger partial charge in [-0.3, -0.25) is 4.79 Å². The quantitative estimate of drug-likeness (QED) is 0.533. The lowest BCUT2D eigenvalue weighted by molar-refractivity contribution is -0.144. The summed E-state index contributed by atoms with van der Waals surface area (Å²) in [6.07, 6.45) is -2.84. The van der Waals surface area contributed by atoms with Crippen LogP contribution in [0.15, 0.2) is 47.5 Å². The third-order valence-electron chi connectivity index (χ3n) is 5.17. The van der Waals surface area contributed by atoms with Crippen LogP contribution < -0.4 is 5.32 Å². The number of aromatic nitrogens is 2. The average molecular weight is 448 g/mol. The Morgan fingerprint density at radius 2 is 1.62 bits per heavy atom. The molecule has 0 unspecified atom stereocenters. The van der Waals surface area contributed by atoms with Crippen molar-refractivity contribution in [3.8, 4) is 0 Å². The minimum absolute atomic E-state index is 0.0146. The highest BCUT2D eigenvalue weighted by Gasteiger charge is 2.36. The van der Waals surface area contributed by atoms with Crippen LogP contribution in [0, 0.1) is 11.6 Å². The Labute approximate surface area is 179 Å². The lowest BCUT2D eigenvalue weighted by Gasteiger charge is -2.25. The monoisotopic (exact) mass is 448 g/mol. The van der Waals surface area contributed by atoms with E-state index in [0.29, 0.717) is 31.4 Å². The number of halogens is 5. The number of anilines is 1. The Morgan fingerprint density at radius 1 is 0.969 bits per heavy atom. The maximum atomic E-state index is 13.7. The van der Waals surface area contributed by atoms with Crippen LogP contribution in [0.2, 0.25) is 0 Å². The summed E-state index contributed by atoms with van der Waals surface area (Å²) in [5.74, 6) is -2.93. The summed E-state index contributed by atoms with van der Waals surface area (Å²) in [5.41, 5.74) is 0.916. The molecular weight excluding hydrogens is 431 g/mol. The molecule has 1 amide bonds. The van der Waals surface area contributed by atoms with Gasteiger partial charge < -0.3 is 5.32 Å². The molecule has 1 aliphatic carbocycles. The summed E-state index contributed by atoms with van der Waals surface area (Å²) in [5, 5.41) is 3.13. The first-order valence-corrected chi connectivity index (χ1v) is 9.86. The van der Waals surface area contributed by atoms with Gasteiger partial charge >= 0.3 is 6.18 Å². The van der Waals surface area contributed by atoms with Crippen LogP contribution in [0.4, 0.5) is 27.8 Å². The number of amides is 1. The number of hydrogen-bond acceptors (Lipinski definition) is 4. The van der Waals surface area contributed by atoms with Gasteiger partial charge in [-0.2, -0.15) is 13.2 Å². The first-order valence-electron chi connectivity index (χ1n) is 9.86. The molecule has 1 aromatic heterocycles.